The van der Waals surface area contributed by atoms with E-state index in [0.29, 0.717) is 18.1 Å². The molecule has 0 aliphatic carbocycles. The smallest absolute Gasteiger partial charge is 0.0730 e. The van der Waals surface area contributed by atoms with Crippen LogP contribution in [0, 0.1) is 5.92 Å². The average Bonchev–Trinajstić information content (AvgIpc) is 2.18. The molecule has 0 saturated heterocycles. The van der Waals surface area contributed by atoms with Gasteiger partial charge in [0.25, 0.3) is 0 Å². The molecule has 0 aromatic carbocycles. The van der Waals surface area contributed by atoms with Crippen LogP contribution < -0.4 is 5.32 Å². The van der Waals surface area contributed by atoms with Gasteiger partial charge in [0.15, 0.2) is 0 Å². The Labute approximate surface area is 95.8 Å². The molecule has 2 heteroatoms. The molecule has 2 nitrogen and oxygen atoms in total. The van der Waals surface area contributed by atoms with Crippen LogP contribution in [-0.4, -0.2) is 25.3 Å². The van der Waals surface area contributed by atoms with E-state index in [4.69, 9.17) is 4.74 Å². The second-order valence-electron chi connectivity index (χ2n) is 4.51. The summed E-state index contributed by atoms with van der Waals surface area (Å²) >= 11 is 0. The molecule has 0 radical (unpaired) electrons. The van der Waals surface area contributed by atoms with Crippen LogP contribution in [0.4, 0.5) is 0 Å². The molecule has 0 aliphatic heterocycles. The molecule has 0 fully saturated rings. The summed E-state index contributed by atoms with van der Waals surface area (Å²) < 4.78 is 5.84. The Morgan fingerprint density at radius 1 is 1.07 bits per heavy atom. The van der Waals surface area contributed by atoms with Crippen molar-refractivity contribution in [2.75, 3.05) is 13.2 Å². The van der Waals surface area contributed by atoms with Gasteiger partial charge >= 0.3 is 0 Å². The molecule has 2 atom stereocenters. The molecule has 0 rings (SSSR count). The Morgan fingerprint density at radius 3 is 2.13 bits per heavy atom. The molecule has 0 spiro atoms. The van der Waals surface area contributed by atoms with Crippen molar-refractivity contribution in [3.05, 3.63) is 0 Å². The highest BCUT2D eigenvalue weighted by Gasteiger charge is 2.23. The van der Waals surface area contributed by atoms with Crippen molar-refractivity contribution >= 4 is 0 Å². The summed E-state index contributed by atoms with van der Waals surface area (Å²) in [5.41, 5.74) is 0. The monoisotopic (exact) mass is 215 g/mol. The highest BCUT2D eigenvalue weighted by atomic mass is 16.5. The minimum Gasteiger partial charge on any atom is -0.377 e. The molecule has 0 saturated carbocycles. The zero-order chi connectivity index (χ0) is 11.7. The van der Waals surface area contributed by atoms with Crippen molar-refractivity contribution < 1.29 is 4.74 Å². The zero-order valence-electron chi connectivity index (χ0n) is 11.2. The first-order valence-corrected chi connectivity index (χ1v) is 6.52. The Kier molecular flexibility index (Phi) is 9.12. The molecular weight excluding hydrogens is 186 g/mol. The highest BCUT2D eigenvalue weighted by molar-refractivity contribution is 4.79. The van der Waals surface area contributed by atoms with Gasteiger partial charge in [0.05, 0.1) is 6.10 Å². The van der Waals surface area contributed by atoms with Gasteiger partial charge in [0.2, 0.25) is 0 Å². The predicted molar refractivity (Wildman–Crippen MR) is 67.2 cm³/mol. The molecule has 15 heavy (non-hydrogen) atoms. The molecule has 2 unspecified atom stereocenters. The standard InChI is InChI=1S/C13H29NO/c1-6-9-12(15-8-3)13(11(4)5)14-10-7-2/h11-14H,6-10H2,1-5H3. The summed E-state index contributed by atoms with van der Waals surface area (Å²) in [6, 6.07) is 0.504. The molecule has 1 N–H and O–H groups in total. The van der Waals surface area contributed by atoms with Crippen LogP contribution in [0.5, 0.6) is 0 Å². The highest BCUT2D eigenvalue weighted by Crippen LogP contribution is 2.15. The van der Waals surface area contributed by atoms with Crippen LogP contribution in [0.2, 0.25) is 0 Å². The first-order valence-electron chi connectivity index (χ1n) is 6.52. The Balaban J connectivity index is 4.23. The van der Waals surface area contributed by atoms with Gasteiger partial charge in [0.1, 0.15) is 0 Å². The topological polar surface area (TPSA) is 21.3 Å². The van der Waals surface area contributed by atoms with Crippen molar-refractivity contribution in [3.63, 3.8) is 0 Å². The molecule has 0 aromatic heterocycles. The fourth-order valence-electron chi connectivity index (χ4n) is 1.97. The molecule has 0 heterocycles. The Bertz CT molecular complexity index is 130. The lowest BCUT2D eigenvalue weighted by Crippen LogP contribution is -2.45. The SMILES string of the molecule is CCCNC(C(C)C)C(CCC)OCC. The number of nitrogens with one attached hydrogen (secondary N) is 1. The van der Waals surface area contributed by atoms with Crippen molar-refractivity contribution in [2.24, 2.45) is 5.92 Å². The number of ether oxygens (including phenoxy) is 1. The van der Waals surface area contributed by atoms with Crippen LogP contribution in [0.25, 0.3) is 0 Å². The Morgan fingerprint density at radius 2 is 1.73 bits per heavy atom. The van der Waals surface area contributed by atoms with E-state index in [-0.39, 0.29) is 0 Å². The number of hydrogen-bond donors (Lipinski definition) is 1. The number of hydrogen-bond acceptors (Lipinski definition) is 2. The van der Waals surface area contributed by atoms with Gasteiger partial charge in [-0.05, 0) is 32.2 Å². The van der Waals surface area contributed by atoms with Gasteiger partial charge in [-0.3, -0.25) is 0 Å². The molecule has 92 valence electrons. The van der Waals surface area contributed by atoms with E-state index in [1.165, 1.54) is 12.8 Å². The van der Waals surface area contributed by atoms with E-state index in [2.05, 4.69) is 39.9 Å². The van der Waals surface area contributed by atoms with Gasteiger partial charge in [-0.25, -0.2) is 0 Å². The van der Waals surface area contributed by atoms with Crippen molar-refractivity contribution in [2.45, 2.75) is 66.0 Å². The van der Waals surface area contributed by atoms with Crippen LogP contribution in [-0.2, 0) is 4.74 Å². The van der Waals surface area contributed by atoms with E-state index in [0.717, 1.165) is 19.6 Å². The van der Waals surface area contributed by atoms with Gasteiger partial charge in [-0.1, -0.05) is 34.1 Å². The van der Waals surface area contributed by atoms with E-state index < -0.39 is 0 Å². The lowest BCUT2D eigenvalue weighted by molar-refractivity contribution is 0.0159. The third kappa shape index (κ3) is 6.16. The molecule has 0 bridgehead atoms. The third-order valence-corrected chi connectivity index (χ3v) is 2.70. The second-order valence-corrected chi connectivity index (χ2v) is 4.51. The normalized spacial score (nSPS) is 15.6. The Hall–Kier alpha value is -0.0800. The minimum atomic E-state index is 0.381. The largest absolute Gasteiger partial charge is 0.377 e. The average molecular weight is 215 g/mol. The summed E-state index contributed by atoms with van der Waals surface area (Å²) in [7, 11) is 0. The van der Waals surface area contributed by atoms with Crippen LogP contribution in [0.15, 0.2) is 0 Å². The summed E-state index contributed by atoms with van der Waals surface area (Å²) in [5.74, 6) is 0.639. The zero-order valence-corrected chi connectivity index (χ0v) is 11.2. The van der Waals surface area contributed by atoms with Crippen LogP contribution >= 0.6 is 0 Å². The molecule has 0 aliphatic rings. The summed E-state index contributed by atoms with van der Waals surface area (Å²) in [6.45, 7) is 13.0. The number of rotatable bonds is 9. The van der Waals surface area contributed by atoms with Crippen molar-refractivity contribution in [1.82, 2.24) is 5.32 Å². The van der Waals surface area contributed by atoms with Crippen LogP contribution in [0.1, 0.15) is 53.9 Å². The van der Waals surface area contributed by atoms with Gasteiger partial charge < -0.3 is 10.1 Å². The molecule has 0 amide bonds. The van der Waals surface area contributed by atoms with E-state index in [9.17, 15) is 0 Å². The quantitative estimate of drug-likeness (QED) is 0.637. The lowest BCUT2D eigenvalue weighted by atomic mass is 9.95. The summed E-state index contributed by atoms with van der Waals surface area (Å²) in [6.07, 6.45) is 3.93. The van der Waals surface area contributed by atoms with E-state index in [1.54, 1.807) is 0 Å². The predicted octanol–water partition coefficient (Wildman–Crippen LogP) is 3.22. The maximum atomic E-state index is 5.84. The maximum absolute atomic E-state index is 5.84. The first-order chi connectivity index (χ1) is 7.17. The van der Waals surface area contributed by atoms with Gasteiger partial charge in [0, 0.05) is 12.6 Å². The van der Waals surface area contributed by atoms with Gasteiger partial charge in [-0.2, -0.15) is 0 Å². The molecular formula is C13H29NO. The van der Waals surface area contributed by atoms with Gasteiger partial charge in [-0.15, -0.1) is 0 Å². The summed E-state index contributed by atoms with van der Waals surface area (Å²) in [5, 5.41) is 3.61. The second kappa shape index (κ2) is 9.17. The maximum Gasteiger partial charge on any atom is 0.0730 e. The van der Waals surface area contributed by atoms with E-state index >= 15 is 0 Å². The first kappa shape index (κ1) is 14.9. The minimum absolute atomic E-state index is 0.381. The molecule has 0 aromatic rings. The van der Waals surface area contributed by atoms with E-state index in [1.807, 2.05) is 0 Å². The fraction of sp³-hybridized carbons (Fsp3) is 1.00. The van der Waals surface area contributed by atoms with Crippen molar-refractivity contribution in [3.8, 4) is 0 Å². The van der Waals surface area contributed by atoms with Crippen molar-refractivity contribution in [1.29, 1.82) is 0 Å². The summed E-state index contributed by atoms with van der Waals surface area (Å²) in [4.78, 5) is 0. The van der Waals surface area contributed by atoms with Crippen LogP contribution in [0.3, 0.4) is 0 Å². The lowest BCUT2D eigenvalue weighted by Gasteiger charge is -2.31. The fourth-order valence-corrected chi connectivity index (χ4v) is 1.97. The third-order valence-electron chi connectivity index (χ3n) is 2.70.